The Morgan fingerprint density at radius 1 is 1.00 bits per heavy atom. The molecule has 9 heteroatoms. The molecule has 188 valence electrons. The van der Waals surface area contributed by atoms with Crippen molar-refractivity contribution in [3.8, 4) is 5.69 Å². The Morgan fingerprint density at radius 2 is 1.67 bits per heavy atom. The average Bonchev–Trinajstić information content (AvgIpc) is 3.69. The fraction of sp³-hybridized carbons (Fsp3) is 0.370. The number of piperidine rings is 1. The number of esters is 1. The zero-order valence-electron chi connectivity index (χ0n) is 20.1. The van der Waals surface area contributed by atoms with Crippen LogP contribution in [0.5, 0.6) is 0 Å². The number of hydrogen-bond donors (Lipinski definition) is 1. The van der Waals surface area contributed by atoms with E-state index in [9.17, 15) is 14.0 Å². The van der Waals surface area contributed by atoms with Gasteiger partial charge in [0.1, 0.15) is 12.2 Å². The number of carbonyl (C=O) groups excluding carboxylic acids is 2. The fourth-order valence-corrected chi connectivity index (χ4v) is 4.33. The van der Waals surface area contributed by atoms with E-state index in [1.807, 2.05) is 54.6 Å². The number of rotatable bonds is 7. The van der Waals surface area contributed by atoms with Crippen molar-refractivity contribution in [1.29, 1.82) is 0 Å². The van der Waals surface area contributed by atoms with Crippen LogP contribution in [-0.4, -0.2) is 41.0 Å². The monoisotopic (exact) mass is 492 g/mol. The lowest BCUT2D eigenvalue weighted by atomic mass is 10.1. The third-order valence-electron chi connectivity index (χ3n) is 6.59. The van der Waals surface area contributed by atoms with Crippen LogP contribution >= 0.6 is 0 Å². The van der Waals surface area contributed by atoms with Crippen molar-refractivity contribution in [2.24, 2.45) is 5.92 Å². The van der Waals surface area contributed by atoms with Crippen molar-refractivity contribution >= 4 is 23.6 Å². The third kappa shape index (κ3) is 5.50. The van der Waals surface area contributed by atoms with Crippen molar-refractivity contribution in [1.82, 2.24) is 9.78 Å². The van der Waals surface area contributed by atoms with Gasteiger partial charge in [0.15, 0.2) is 11.6 Å². The Balaban J connectivity index is 1.19. The summed E-state index contributed by atoms with van der Waals surface area (Å²) in [5.74, 6) is -0.680. The minimum Gasteiger partial charge on any atom is -0.462 e. The zero-order valence-corrected chi connectivity index (χ0v) is 20.1. The van der Waals surface area contributed by atoms with Gasteiger partial charge in [-0.1, -0.05) is 30.3 Å². The van der Waals surface area contributed by atoms with Gasteiger partial charge >= 0.3 is 12.1 Å². The van der Waals surface area contributed by atoms with Gasteiger partial charge in [-0.2, -0.15) is 5.10 Å². The van der Waals surface area contributed by atoms with Crippen molar-refractivity contribution < 1.29 is 23.5 Å². The molecular formula is C27H29FN4O4. The van der Waals surface area contributed by atoms with E-state index in [0.29, 0.717) is 5.69 Å². The van der Waals surface area contributed by atoms with Crippen LogP contribution in [0.15, 0.2) is 60.8 Å². The molecule has 36 heavy (non-hydrogen) atoms. The predicted molar refractivity (Wildman–Crippen MR) is 133 cm³/mol. The van der Waals surface area contributed by atoms with Gasteiger partial charge in [0.2, 0.25) is 0 Å². The van der Waals surface area contributed by atoms with Crippen molar-refractivity contribution in [3.63, 3.8) is 0 Å². The minimum atomic E-state index is -0.770. The lowest BCUT2D eigenvalue weighted by molar-refractivity contribution is -0.151. The standard InChI is InChI=1S/C27H29FN4O4/c1-18(19-5-3-2-4-6-19)35-27(34)30-25-24(28)17-29-32(25)22-11-9-21(10-12-22)31-15-13-23(14-16-31)36-26(33)20-7-8-20/h2-6,9-12,17-18,20,23H,7-8,13-16H2,1H3,(H,30,34). The second-order valence-electron chi connectivity index (χ2n) is 9.25. The quantitative estimate of drug-likeness (QED) is 0.454. The molecule has 2 aliphatic rings. The number of hydrogen-bond acceptors (Lipinski definition) is 6. The summed E-state index contributed by atoms with van der Waals surface area (Å²) < 4.78 is 26.8. The van der Waals surface area contributed by atoms with Crippen LogP contribution in [0.25, 0.3) is 5.69 Å². The van der Waals surface area contributed by atoms with Gasteiger partial charge in [0, 0.05) is 31.6 Å². The van der Waals surface area contributed by atoms with Crippen molar-refractivity contribution in [3.05, 3.63) is 72.2 Å². The predicted octanol–water partition coefficient (Wildman–Crippen LogP) is 5.24. The number of halogens is 1. The molecule has 1 N–H and O–H groups in total. The summed E-state index contributed by atoms with van der Waals surface area (Å²) in [5, 5.41) is 6.57. The van der Waals surface area contributed by atoms with Crippen LogP contribution in [-0.2, 0) is 14.3 Å². The van der Waals surface area contributed by atoms with E-state index in [1.54, 1.807) is 6.92 Å². The van der Waals surface area contributed by atoms with Gasteiger partial charge < -0.3 is 14.4 Å². The highest BCUT2D eigenvalue weighted by molar-refractivity contribution is 5.84. The molecule has 1 unspecified atom stereocenters. The summed E-state index contributed by atoms with van der Waals surface area (Å²) >= 11 is 0. The van der Waals surface area contributed by atoms with Gasteiger partial charge in [0.25, 0.3) is 0 Å². The molecule has 1 saturated carbocycles. The van der Waals surface area contributed by atoms with Gasteiger partial charge in [-0.3, -0.25) is 10.1 Å². The Morgan fingerprint density at radius 3 is 2.33 bits per heavy atom. The van der Waals surface area contributed by atoms with Crippen LogP contribution in [0.3, 0.4) is 0 Å². The molecule has 1 saturated heterocycles. The van der Waals surface area contributed by atoms with E-state index >= 15 is 0 Å². The number of amides is 1. The molecule has 0 bridgehead atoms. The zero-order chi connectivity index (χ0) is 25.1. The molecule has 2 aromatic carbocycles. The summed E-state index contributed by atoms with van der Waals surface area (Å²) in [6, 6.07) is 16.8. The fourth-order valence-electron chi connectivity index (χ4n) is 4.33. The Kier molecular flexibility index (Phi) is 6.88. The number of aromatic nitrogens is 2. The van der Waals surface area contributed by atoms with Gasteiger partial charge in [0.05, 0.1) is 17.8 Å². The Bertz CT molecular complexity index is 1200. The molecule has 1 aliphatic heterocycles. The summed E-state index contributed by atoms with van der Waals surface area (Å²) in [4.78, 5) is 26.6. The topological polar surface area (TPSA) is 85.7 Å². The van der Waals surface area contributed by atoms with E-state index in [1.165, 1.54) is 4.68 Å². The molecule has 1 aliphatic carbocycles. The highest BCUT2D eigenvalue weighted by Gasteiger charge is 2.33. The lowest BCUT2D eigenvalue weighted by Crippen LogP contribution is -2.38. The highest BCUT2D eigenvalue weighted by Crippen LogP contribution is 2.32. The molecule has 3 aromatic rings. The molecule has 0 radical (unpaired) electrons. The maximum Gasteiger partial charge on any atom is 0.413 e. The molecule has 2 heterocycles. The average molecular weight is 493 g/mol. The Labute approximate surface area is 209 Å². The van der Waals surface area contributed by atoms with Crippen LogP contribution in [0.4, 0.5) is 20.7 Å². The van der Waals surface area contributed by atoms with Crippen LogP contribution in [0.2, 0.25) is 0 Å². The second kappa shape index (κ2) is 10.4. The summed E-state index contributed by atoms with van der Waals surface area (Å²) in [6.07, 6.45) is 3.27. The number of nitrogens with one attached hydrogen (secondary N) is 1. The summed E-state index contributed by atoms with van der Waals surface area (Å²) in [6.45, 7) is 3.33. The molecule has 1 atom stereocenters. The van der Waals surface area contributed by atoms with E-state index in [0.717, 1.165) is 56.2 Å². The van der Waals surface area contributed by atoms with Gasteiger partial charge in [-0.05, 0) is 49.6 Å². The van der Waals surface area contributed by atoms with Gasteiger partial charge in [-0.15, -0.1) is 0 Å². The van der Waals surface area contributed by atoms with Crippen LogP contribution in [0, 0.1) is 11.7 Å². The maximum atomic E-state index is 14.5. The largest absolute Gasteiger partial charge is 0.462 e. The first-order valence-corrected chi connectivity index (χ1v) is 12.3. The first kappa shape index (κ1) is 23.8. The number of nitrogens with zero attached hydrogens (tertiary/aromatic N) is 3. The third-order valence-corrected chi connectivity index (χ3v) is 6.59. The number of benzene rings is 2. The summed E-state index contributed by atoms with van der Waals surface area (Å²) in [5.41, 5.74) is 2.45. The molecule has 1 amide bonds. The Hall–Kier alpha value is -3.88. The smallest absolute Gasteiger partial charge is 0.413 e. The van der Waals surface area contributed by atoms with Crippen molar-refractivity contribution in [2.75, 3.05) is 23.3 Å². The molecule has 0 spiro atoms. The van der Waals surface area contributed by atoms with Crippen molar-refractivity contribution in [2.45, 2.75) is 44.8 Å². The number of carbonyl (C=O) groups is 2. The number of anilines is 2. The molecule has 5 rings (SSSR count). The van der Waals surface area contributed by atoms with E-state index in [2.05, 4.69) is 15.3 Å². The molecule has 1 aromatic heterocycles. The van der Waals surface area contributed by atoms with E-state index < -0.39 is 18.0 Å². The molecular weight excluding hydrogens is 463 g/mol. The SMILES string of the molecule is CC(OC(=O)Nc1c(F)cnn1-c1ccc(N2CCC(OC(=O)C3CC3)CC2)cc1)c1ccccc1. The maximum absolute atomic E-state index is 14.5. The van der Waals surface area contributed by atoms with E-state index in [-0.39, 0.29) is 23.8 Å². The van der Waals surface area contributed by atoms with Crippen LogP contribution < -0.4 is 10.2 Å². The second-order valence-corrected chi connectivity index (χ2v) is 9.25. The minimum absolute atomic E-state index is 0.0151. The first-order chi connectivity index (χ1) is 17.5. The first-order valence-electron chi connectivity index (χ1n) is 12.3. The van der Waals surface area contributed by atoms with E-state index in [4.69, 9.17) is 9.47 Å². The molecule has 8 nitrogen and oxygen atoms in total. The number of ether oxygens (including phenoxy) is 2. The summed E-state index contributed by atoms with van der Waals surface area (Å²) in [7, 11) is 0. The lowest BCUT2D eigenvalue weighted by Gasteiger charge is -2.33. The van der Waals surface area contributed by atoms with Crippen LogP contribution in [0.1, 0.15) is 44.3 Å². The van der Waals surface area contributed by atoms with Gasteiger partial charge in [-0.25, -0.2) is 13.9 Å². The normalized spacial score (nSPS) is 16.9. The molecule has 2 fully saturated rings. The highest BCUT2D eigenvalue weighted by atomic mass is 19.1.